The first-order chi connectivity index (χ1) is 11.5. The number of rotatable bonds is 3. The second-order valence-electron chi connectivity index (χ2n) is 5.40. The normalized spacial score (nSPS) is 10.8. The number of carbonyl (C=O) groups excluding carboxylic acids is 1. The van der Waals surface area contributed by atoms with Crippen LogP contribution in [0, 0.1) is 0 Å². The molecule has 5 heteroatoms. The van der Waals surface area contributed by atoms with Crippen LogP contribution in [0.5, 0.6) is 5.75 Å². The van der Waals surface area contributed by atoms with Crippen LogP contribution < -0.4 is 10.4 Å². The first-order valence-electron chi connectivity index (χ1n) is 7.53. The van der Waals surface area contributed by atoms with Gasteiger partial charge < -0.3 is 9.15 Å². The van der Waals surface area contributed by atoms with Crippen molar-refractivity contribution >= 4 is 32.9 Å². The smallest absolute Gasteiger partial charge is 0.344 e. The van der Waals surface area contributed by atoms with E-state index in [0.717, 1.165) is 27.4 Å². The molecule has 0 saturated heterocycles. The summed E-state index contributed by atoms with van der Waals surface area (Å²) in [7, 11) is 0. The minimum absolute atomic E-state index is 0.351. The first-order valence-corrected chi connectivity index (χ1v) is 8.32. The van der Waals surface area contributed by atoms with Crippen LogP contribution in [0.15, 0.2) is 56.1 Å². The second-order valence-corrected chi connectivity index (χ2v) is 6.31. The number of benzene rings is 2. The quantitative estimate of drug-likeness (QED) is 0.371. The molecule has 4 nitrogen and oxygen atoms in total. The zero-order chi connectivity index (χ0) is 17.3. The lowest BCUT2D eigenvalue weighted by Gasteiger charge is -2.09. The third kappa shape index (κ3) is 3.26. The summed E-state index contributed by atoms with van der Waals surface area (Å²) in [4.78, 5) is 23.5. The van der Waals surface area contributed by atoms with E-state index in [2.05, 4.69) is 15.9 Å². The van der Waals surface area contributed by atoms with Crippen molar-refractivity contribution in [3.63, 3.8) is 0 Å². The topological polar surface area (TPSA) is 56.5 Å². The Hall–Kier alpha value is -2.40. The van der Waals surface area contributed by atoms with E-state index in [1.165, 1.54) is 6.92 Å². The van der Waals surface area contributed by atoms with E-state index >= 15 is 0 Å². The molecule has 1 aromatic heterocycles. The Morgan fingerprint density at radius 3 is 2.62 bits per heavy atom. The fourth-order valence-electron chi connectivity index (χ4n) is 2.63. The predicted molar refractivity (Wildman–Crippen MR) is 96.3 cm³/mol. The van der Waals surface area contributed by atoms with Gasteiger partial charge in [-0.15, -0.1) is 0 Å². The Morgan fingerprint density at radius 1 is 1.12 bits per heavy atom. The zero-order valence-corrected chi connectivity index (χ0v) is 14.8. The molecule has 0 aliphatic heterocycles. The lowest BCUT2D eigenvalue weighted by Crippen LogP contribution is -2.05. The van der Waals surface area contributed by atoms with Gasteiger partial charge in [0, 0.05) is 22.8 Å². The Balaban J connectivity index is 2.15. The van der Waals surface area contributed by atoms with Gasteiger partial charge in [0.25, 0.3) is 0 Å². The van der Waals surface area contributed by atoms with Crippen molar-refractivity contribution < 1.29 is 13.9 Å². The monoisotopic (exact) mass is 386 g/mol. The summed E-state index contributed by atoms with van der Waals surface area (Å²) >= 11 is 3.45. The van der Waals surface area contributed by atoms with Gasteiger partial charge in [-0.3, -0.25) is 4.79 Å². The highest BCUT2D eigenvalue weighted by Gasteiger charge is 2.12. The Bertz CT molecular complexity index is 988. The summed E-state index contributed by atoms with van der Waals surface area (Å²) in [6, 6.07) is 12.6. The summed E-state index contributed by atoms with van der Waals surface area (Å²) in [6.07, 6.45) is 0.803. The Kier molecular flexibility index (Phi) is 4.53. The lowest BCUT2D eigenvalue weighted by molar-refractivity contribution is -0.131. The summed E-state index contributed by atoms with van der Waals surface area (Å²) in [6.45, 7) is 3.36. The fourth-order valence-corrected chi connectivity index (χ4v) is 3.03. The molecule has 0 N–H and O–H groups in total. The maximum absolute atomic E-state index is 12.4. The predicted octanol–water partition coefficient (Wildman–Crippen LogP) is 4.71. The van der Waals surface area contributed by atoms with Crippen LogP contribution in [0.2, 0.25) is 0 Å². The molecular formula is C19H15BrO4. The van der Waals surface area contributed by atoms with Gasteiger partial charge in [0.1, 0.15) is 11.3 Å². The maximum atomic E-state index is 12.4. The van der Waals surface area contributed by atoms with Crippen LogP contribution in [0.25, 0.3) is 22.1 Å². The second kappa shape index (κ2) is 6.61. The van der Waals surface area contributed by atoms with Gasteiger partial charge in [0.15, 0.2) is 0 Å². The third-order valence-corrected chi connectivity index (χ3v) is 4.20. The number of carbonyl (C=O) groups is 1. The molecule has 0 radical (unpaired) electrons. The number of hydrogen-bond donors (Lipinski definition) is 0. The molecule has 2 aromatic carbocycles. The van der Waals surface area contributed by atoms with Crippen LogP contribution in [0.4, 0.5) is 0 Å². The van der Waals surface area contributed by atoms with Crippen LogP contribution in [-0.2, 0) is 11.2 Å². The van der Waals surface area contributed by atoms with E-state index in [1.807, 2.05) is 25.1 Å². The number of aryl methyl sites for hydroxylation is 1. The SMILES string of the molecule is CCc1cc(Br)ccc1-c1cc2ccc(OC(C)=O)cc2oc1=O. The van der Waals surface area contributed by atoms with Crippen molar-refractivity contribution in [1.82, 2.24) is 0 Å². The maximum Gasteiger partial charge on any atom is 0.344 e. The Morgan fingerprint density at radius 2 is 1.92 bits per heavy atom. The molecule has 122 valence electrons. The summed E-state index contributed by atoms with van der Waals surface area (Å²) in [5.41, 5.74) is 2.41. The van der Waals surface area contributed by atoms with Crippen LogP contribution in [-0.4, -0.2) is 5.97 Å². The van der Waals surface area contributed by atoms with Gasteiger partial charge in [0.2, 0.25) is 0 Å². The van der Waals surface area contributed by atoms with Crippen molar-refractivity contribution in [2.24, 2.45) is 0 Å². The Labute approximate surface area is 147 Å². The highest BCUT2D eigenvalue weighted by Crippen LogP contribution is 2.28. The van der Waals surface area contributed by atoms with Crippen molar-refractivity contribution in [3.05, 3.63) is 62.9 Å². The summed E-state index contributed by atoms with van der Waals surface area (Å²) < 4.78 is 11.4. The van der Waals surface area contributed by atoms with Gasteiger partial charge >= 0.3 is 11.6 Å². The van der Waals surface area contributed by atoms with Gasteiger partial charge in [-0.25, -0.2) is 4.79 Å². The van der Waals surface area contributed by atoms with Crippen LogP contribution >= 0.6 is 15.9 Å². The summed E-state index contributed by atoms with van der Waals surface area (Å²) in [5, 5.41) is 0.769. The standard InChI is InChI=1S/C19H15BrO4/c1-3-12-8-14(20)5-7-16(12)17-9-13-4-6-15(23-11(2)21)10-18(13)24-19(17)22/h4-10H,3H2,1-2H3. The molecule has 0 saturated carbocycles. The number of esters is 1. The third-order valence-electron chi connectivity index (χ3n) is 3.71. The van der Waals surface area contributed by atoms with Gasteiger partial charge in [-0.2, -0.15) is 0 Å². The lowest BCUT2D eigenvalue weighted by atomic mass is 9.98. The van der Waals surface area contributed by atoms with E-state index in [-0.39, 0.29) is 0 Å². The minimum atomic E-state index is -0.421. The first kappa shape index (κ1) is 16.5. The van der Waals surface area contributed by atoms with Crippen LogP contribution in [0.3, 0.4) is 0 Å². The number of hydrogen-bond acceptors (Lipinski definition) is 4. The highest BCUT2D eigenvalue weighted by atomic mass is 79.9. The van der Waals surface area contributed by atoms with E-state index in [9.17, 15) is 9.59 Å². The largest absolute Gasteiger partial charge is 0.427 e. The van der Waals surface area contributed by atoms with Gasteiger partial charge in [-0.05, 0) is 47.9 Å². The molecule has 0 atom stereocenters. The molecule has 0 fully saturated rings. The zero-order valence-electron chi connectivity index (χ0n) is 13.3. The van der Waals surface area contributed by atoms with E-state index in [0.29, 0.717) is 16.9 Å². The molecule has 0 aliphatic rings. The summed E-state index contributed by atoms with van der Waals surface area (Å²) in [5.74, 6) is -0.0699. The van der Waals surface area contributed by atoms with Gasteiger partial charge in [-0.1, -0.05) is 28.9 Å². The molecule has 0 spiro atoms. The number of halogens is 1. The highest BCUT2D eigenvalue weighted by molar-refractivity contribution is 9.10. The molecule has 3 aromatic rings. The van der Waals surface area contributed by atoms with E-state index in [1.54, 1.807) is 24.3 Å². The number of ether oxygens (including phenoxy) is 1. The van der Waals surface area contributed by atoms with E-state index < -0.39 is 11.6 Å². The van der Waals surface area contributed by atoms with Crippen molar-refractivity contribution in [1.29, 1.82) is 0 Å². The van der Waals surface area contributed by atoms with E-state index in [4.69, 9.17) is 9.15 Å². The fraction of sp³-hybridized carbons (Fsp3) is 0.158. The molecule has 0 aliphatic carbocycles. The van der Waals surface area contributed by atoms with Crippen molar-refractivity contribution in [3.8, 4) is 16.9 Å². The van der Waals surface area contributed by atoms with Crippen molar-refractivity contribution in [2.45, 2.75) is 20.3 Å². The number of fused-ring (bicyclic) bond motifs is 1. The average molecular weight is 387 g/mol. The molecule has 0 bridgehead atoms. The molecule has 24 heavy (non-hydrogen) atoms. The average Bonchev–Trinajstić information content (AvgIpc) is 2.53. The molecule has 1 heterocycles. The minimum Gasteiger partial charge on any atom is -0.427 e. The molecule has 0 amide bonds. The van der Waals surface area contributed by atoms with Crippen molar-refractivity contribution in [2.75, 3.05) is 0 Å². The van der Waals surface area contributed by atoms with Gasteiger partial charge in [0.05, 0.1) is 5.56 Å². The molecule has 3 rings (SSSR count). The van der Waals surface area contributed by atoms with Crippen LogP contribution in [0.1, 0.15) is 19.4 Å². The molecule has 0 unspecified atom stereocenters. The molecular weight excluding hydrogens is 372 g/mol.